The van der Waals surface area contributed by atoms with Gasteiger partial charge in [0.25, 0.3) is 0 Å². The van der Waals surface area contributed by atoms with Gasteiger partial charge in [-0.15, -0.1) is 5.10 Å². The molecule has 1 heterocycles. The number of nitrogens with one attached hydrogen (secondary N) is 1. The van der Waals surface area contributed by atoms with Crippen LogP contribution < -0.4 is 14.8 Å². The highest BCUT2D eigenvalue weighted by Gasteiger charge is 2.30. The van der Waals surface area contributed by atoms with Crippen molar-refractivity contribution in [3.63, 3.8) is 0 Å². The molecule has 1 saturated heterocycles. The Bertz CT molecular complexity index is 945. The maximum absolute atomic E-state index is 13.0. The third-order valence-corrected chi connectivity index (χ3v) is 5.08. The normalized spacial score (nSPS) is 17.5. The third kappa shape index (κ3) is 5.68. The Morgan fingerprint density at radius 1 is 1.24 bits per heavy atom. The number of thioether (sulfide) groups is 1. The molecule has 1 aliphatic heterocycles. The number of methoxy groups -OCH3 is 1. The molecule has 0 saturated carbocycles. The molecule has 3 rings (SSSR count). The van der Waals surface area contributed by atoms with Crippen LogP contribution in [0.25, 0.3) is 0 Å². The van der Waals surface area contributed by atoms with Crippen molar-refractivity contribution in [1.29, 1.82) is 0 Å². The first kappa shape index (κ1) is 20.6. The largest absolute Gasteiger partial charge is 0.493 e. The van der Waals surface area contributed by atoms with E-state index in [4.69, 9.17) is 9.47 Å². The fraction of sp³-hybridized carbons (Fsp3) is 0.190. The monoisotopic (exact) mass is 413 g/mol. The first-order chi connectivity index (χ1) is 14.1. The fourth-order valence-corrected chi connectivity index (χ4v) is 3.57. The highest BCUT2D eigenvalue weighted by Crippen LogP contribution is 2.27. The molecule has 0 bridgehead atoms. The zero-order valence-electron chi connectivity index (χ0n) is 15.8. The number of rotatable bonds is 8. The lowest BCUT2D eigenvalue weighted by atomic mass is 10.1. The summed E-state index contributed by atoms with van der Waals surface area (Å²) in [5.41, 5.74) is 1.66. The van der Waals surface area contributed by atoms with Crippen molar-refractivity contribution in [3.05, 3.63) is 72.1 Å². The molecule has 1 aliphatic rings. The Hall–Kier alpha value is -3.13. The molecule has 1 fully saturated rings. The predicted octanol–water partition coefficient (Wildman–Crippen LogP) is 3.56. The molecular weight excluding hydrogens is 393 g/mol. The number of amides is 1. The topological polar surface area (TPSA) is 72.3 Å². The van der Waals surface area contributed by atoms with E-state index in [1.165, 1.54) is 23.9 Å². The lowest BCUT2D eigenvalue weighted by molar-refractivity contribution is -0.118. The van der Waals surface area contributed by atoms with Crippen molar-refractivity contribution in [2.75, 3.05) is 13.7 Å². The van der Waals surface area contributed by atoms with Gasteiger partial charge < -0.3 is 14.8 Å². The third-order valence-electron chi connectivity index (χ3n) is 4.01. The van der Waals surface area contributed by atoms with Gasteiger partial charge in [0.2, 0.25) is 5.91 Å². The van der Waals surface area contributed by atoms with Crippen molar-refractivity contribution in [2.24, 2.45) is 10.2 Å². The van der Waals surface area contributed by atoms with Gasteiger partial charge in [-0.2, -0.15) is 5.10 Å². The van der Waals surface area contributed by atoms with Crippen molar-refractivity contribution in [3.8, 4) is 11.5 Å². The average molecular weight is 413 g/mol. The average Bonchev–Trinajstić information content (AvgIpc) is 3.07. The molecule has 1 unspecified atom stereocenters. The van der Waals surface area contributed by atoms with Crippen molar-refractivity contribution in [2.45, 2.75) is 11.7 Å². The molecule has 8 heteroatoms. The Morgan fingerprint density at radius 2 is 2.03 bits per heavy atom. The summed E-state index contributed by atoms with van der Waals surface area (Å²) < 4.78 is 23.8. The standard InChI is InChI=1S/C21H20FN3O3S/c1-3-10-28-17-9-6-15(11-18(17)27-2)13-23-25-21-24-20(26)19(29-21)12-14-4-7-16(22)8-5-14/h3-9,11,13,19H,1,10,12H2,2H3,(H,24,25,26)/b23-13+. The lowest BCUT2D eigenvalue weighted by Gasteiger charge is -2.09. The van der Waals surface area contributed by atoms with E-state index < -0.39 is 0 Å². The Balaban J connectivity index is 1.62. The summed E-state index contributed by atoms with van der Waals surface area (Å²) in [4.78, 5) is 12.1. The second-order valence-electron chi connectivity index (χ2n) is 6.09. The van der Waals surface area contributed by atoms with Gasteiger partial charge in [0.1, 0.15) is 12.4 Å². The minimum absolute atomic E-state index is 0.140. The zero-order valence-corrected chi connectivity index (χ0v) is 16.6. The van der Waals surface area contributed by atoms with Crippen LogP contribution in [0.5, 0.6) is 11.5 Å². The van der Waals surface area contributed by atoms with E-state index in [0.717, 1.165) is 11.1 Å². The summed E-state index contributed by atoms with van der Waals surface area (Å²) in [5.74, 6) is 0.744. The summed E-state index contributed by atoms with van der Waals surface area (Å²) >= 11 is 1.30. The maximum Gasteiger partial charge on any atom is 0.239 e. The lowest BCUT2D eigenvalue weighted by Crippen LogP contribution is -2.25. The second-order valence-corrected chi connectivity index (χ2v) is 7.28. The number of ether oxygens (including phenoxy) is 2. The Kier molecular flexibility index (Phi) is 7.02. The summed E-state index contributed by atoms with van der Waals surface area (Å²) in [6.07, 6.45) is 3.71. The van der Waals surface area contributed by atoms with Crippen LogP contribution in [0.2, 0.25) is 0 Å². The molecule has 0 spiro atoms. The van der Waals surface area contributed by atoms with Crippen molar-refractivity contribution in [1.82, 2.24) is 5.32 Å². The van der Waals surface area contributed by atoms with E-state index >= 15 is 0 Å². The highest BCUT2D eigenvalue weighted by molar-refractivity contribution is 8.15. The van der Waals surface area contributed by atoms with E-state index in [1.807, 2.05) is 6.07 Å². The molecule has 1 atom stereocenters. The van der Waals surface area contributed by atoms with Gasteiger partial charge in [-0.1, -0.05) is 36.5 Å². The Labute approximate surface area is 172 Å². The van der Waals surface area contributed by atoms with Crippen LogP contribution in [-0.4, -0.2) is 36.3 Å². The first-order valence-electron chi connectivity index (χ1n) is 8.83. The SMILES string of the molecule is C=CCOc1ccc(/C=N/N=C2\NC(=O)C(Cc3ccc(F)cc3)S2)cc1OC. The van der Waals surface area contributed by atoms with Gasteiger partial charge in [0.15, 0.2) is 16.7 Å². The molecule has 1 amide bonds. The molecule has 6 nitrogen and oxygen atoms in total. The first-order valence-corrected chi connectivity index (χ1v) is 9.71. The summed E-state index contributed by atoms with van der Waals surface area (Å²) in [7, 11) is 1.56. The quantitative estimate of drug-likeness (QED) is 0.408. The molecule has 0 radical (unpaired) electrons. The van der Waals surface area contributed by atoms with Gasteiger partial charge in [0.05, 0.1) is 18.6 Å². The van der Waals surface area contributed by atoms with Crippen LogP contribution in [-0.2, 0) is 11.2 Å². The van der Waals surface area contributed by atoms with Gasteiger partial charge in [-0.25, -0.2) is 4.39 Å². The summed E-state index contributed by atoms with van der Waals surface area (Å²) in [5, 5.41) is 10.9. The van der Waals surface area contributed by atoms with Crippen LogP contribution in [0, 0.1) is 5.82 Å². The van der Waals surface area contributed by atoms with Crippen molar-refractivity contribution < 1.29 is 18.7 Å². The number of nitrogens with zero attached hydrogens (tertiary/aromatic N) is 2. The Morgan fingerprint density at radius 3 is 2.76 bits per heavy atom. The van der Waals surface area contributed by atoms with Gasteiger partial charge >= 0.3 is 0 Å². The molecule has 2 aromatic carbocycles. The highest BCUT2D eigenvalue weighted by atomic mass is 32.2. The van der Waals surface area contributed by atoms with Crippen molar-refractivity contribution >= 4 is 29.1 Å². The number of halogens is 1. The van der Waals surface area contributed by atoms with E-state index in [1.54, 1.807) is 43.7 Å². The number of hydrogen-bond acceptors (Lipinski definition) is 6. The van der Waals surface area contributed by atoms with Crippen LogP contribution in [0.15, 0.2) is 65.3 Å². The van der Waals surface area contributed by atoms with Crippen LogP contribution >= 0.6 is 11.8 Å². The van der Waals surface area contributed by atoms with Gasteiger partial charge in [-0.3, -0.25) is 4.79 Å². The molecule has 0 aliphatic carbocycles. The summed E-state index contributed by atoms with van der Waals surface area (Å²) in [6.45, 7) is 4.00. The van der Waals surface area contributed by atoms with E-state index in [9.17, 15) is 9.18 Å². The number of hydrogen-bond donors (Lipinski definition) is 1. The van der Waals surface area contributed by atoms with Crippen LogP contribution in [0.1, 0.15) is 11.1 Å². The molecular formula is C21H20FN3O3S. The molecule has 1 N–H and O–H groups in total. The smallest absolute Gasteiger partial charge is 0.239 e. The molecule has 0 aromatic heterocycles. The molecule has 29 heavy (non-hydrogen) atoms. The fourth-order valence-electron chi connectivity index (χ4n) is 2.60. The van der Waals surface area contributed by atoms with E-state index in [-0.39, 0.29) is 17.0 Å². The minimum atomic E-state index is -0.323. The zero-order chi connectivity index (χ0) is 20.6. The van der Waals surface area contributed by atoms with E-state index in [2.05, 4.69) is 22.1 Å². The maximum atomic E-state index is 13.0. The van der Waals surface area contributed by atoms with Gasteiger partial charge in [-0.05, 0) is 47.9 Å². The molecule has 2 aromatic rings. The number of amidine groups is 1. The van der Waals surface area contributed by atoms with E-state index in [0.29, 0.717) is 29.7 Å². The second kappa shape index (κ2) is 9.88. The van der Waals surface area contributed by atoms with Crippen LogP contribution in [0.3, 0.4) is 0 Å². The number of carbonyl (C=O) groups is 1. The van der Waals surface area contributed by atoms with Crippen LogP contribution in [0.4, 0.5) is 4.39 Å². The van der Waals surface area contributed by atoms with Gasteiger partial charge in [0, 0.05) is 0 Å². The number of benzene rings is 2. The molecule has 150 valence electrons. The predicted molar refractivity (Wildman–Crippen MR) is 113 cm³/mol. The summed E-state index contributed by atoms with van der Waals surface area (Å²) in [6, 6.07) is 11.5. The number of carbonyl (C=O) groups excluding carboxylic acids is 1. The minimum Gasteiger partial charge on any atom is -0.493 e.